The predicted octanol–water partition coefficient (Wildman–Crippen LogP) is 4.45. The molecular formula is C16H23ClN2O2. The van der Waals surface area contributed by atoms with Crippen molar-refractivity contribution in [2.45, 2.75) is 53.0 Å². The Morgan fingerprint density at radius 2 is 1.90 bits per heavy atom. The van der Waals surface area contributed by atoms with E-state index < -0.39 is 5.97 Å². The lowest BCUT2D eigenvalue weighted by Gasteiger charge is -2.45. The van der Waals surface area contributed by atoms with Crippen LogP contribution in [0.5, 0.6) is 0 Å². The van der Waals surface area contributed by atoms with E-state index in [0.717, 1.165) is 12.8 Å². The molecule has 1 fully saturated rings. The number of hydrogen-bond donors (Lipinski definition) is 2. The van der Waals surface area contributed by atoms with Crippen LogP contribution in [0.4, 0.5) is 5.82 Å². The number of carboxylic acid groups (broad SMARTS) is 1. The van der Waals surface area contributed by atoms with E-state index in [0.29, 0.717) is 16.9 Å². The second-order valence-corrected chi connectivity index (χ2v) is 8.02. The Labute approximate surface area is 130 Å². The molecule has 1 saturated carbocycles. The summed E-state index contributed by atoms with van der Waals surface area (Å²) in [5.74, 6) is -0.448. The number of carboxylic acids is 1. The van der Waals surface area contributed by atoms with Crippen LogP contribution in [0.2, 0.25) is 5.02 Å². The van der Waals surface area contributed by atoms with Crippen molar-refractivity contribution in [3.63, 3.8) is 0 Å². The summed E-state index contributed by atoms with van der Waals surface area (Å²) in [4.78, 5) is 15.1. The molecule has 0 saturated heterocycles. The molecule has 0 unspecified atom stereocenters. The number of nitrogens with zero attached hydrogens (tertiary/aromatic N) is 1. The van der Waals surface area contributed by atoms with Gasteiger partial charge in [-0.3, -0.25) is 0 Å². The first-order valence-electron chi connectivity index (χ1n) is 7.23. The number of rotatable bonds is 3. The molecule has 1 aliphatic rings. The van der Waals surface area contributed by atoms with Crippen LogP contribution in [0.15, 0.2) is 12.3 Å². The zero-order valence-electron chi connectivity index (χ0n) is 13.0. The summed E-state index contributed by atoms with van der Waals surface area (Å²) < 4.78 is 0. The highest BCUT2D eigenvalue weighted by Gasteiger charge is 2.38. The molecule has 4 nitrogen and oxygen atoms in total. The first-order valence-corrected chi connectivity index (χ1v) is 7.61. The van der Waals surface area contributed by atoms with E-state index in [1.165, 1.54) is 18.7 Å². The molecule has 1 aromatic heterocycles. The molecule has 1 aromatic rings. The summed E-state index contributed by atoms with van der Waals surface area (Å²) in [5, 5.41) is 12.7. The number of pyridine rings is 1. The fraction of sp³-hybridized carbons (Fsp3) is 0.625. The molecule has 0 radical (unpaired) electrons. The predicted molar refractivity (Wildman–Crippen MR) is 85.0 cm³/mol. The third-order valence-electron chi connectivity index (χ3n) is 3.98. The Balaban J connectivity index is 2.16. The molecule has 5 heteroatoms. The Hall–Kier alpha value is -1.29. The van der Waals surface area contributed by atoms with Crippen LogP contribution < -0.4 is 5.32 Å². The standard InChI is InChI=1S/C16H23ClN2O2/c1-15(2)6-11(7-16(3,4)9-15)19-13-12(17)5-10(8-18-13)14(20)21/h5,8,11H,6-7,9H2,1-4H3,(H,18,19)(H,20,21). The number of aromatic carboxylic acids is 1. The molecule has 2 N–H and O–H groups in total. The van der Waals surface area contributed by atoms with Gasteiger partial charge in [0.15, 0.2) is 0 Å². The minimum absolute atomic E-state index is 0.106. The largest absolute Gasteiger partial charge is 0.478 e. The van der Waals surface area contributed by atoms with Crippen molar-refractivity contribution in [2.75, 3.05) is 5.32 Å². The number of halogens is 1. The van der Waals surface area contributed by atoms with Gasteiger partial charge in [-0.05, 0) is 36.2 Å². The van der Waals surface area contributed by atoms with Crippen molar-refractivity contribution >= 4 is 23.4 Å². The minimum Gasteiger partial charge on any atom is -0.478 e. The second kappa shape index (κ2) is 5.48. The van der Waals surface area contributed by atoms with Crippen molar-refractivity contribution in [1.82, 2.24) is 4.98 Å². The topological polar surface area (TPSA) is 62.2 Å². The number of anilines is 1. The van der Waals surface area contributed by atoms with Crippen molar-refractivity contribution in [3.05, 3.63) is 22.8 Å². The SMILES string of the molecule is CC1(C)CC(Nc2ncc(C(=O)O)cc2Cl)CC(C)(C)C1. The van der Waals surface area contributed by atoms with Gasteiger partial charge in [-0.2, -0.15) is 0 Å². The summed E-state index contributed by atoms with van der Waals surface area (Å²) in [6, 6.07) is 1.74. The van der Waals surface area contributed by atoms with Crippen LogP contribution in [-0.2, 0) is 0 Å². The third kappa shape index (κ3) is 4.10. The monoisotopic (exact) mass is 310 g/mol. The van der Waals surface area contributed by atoms with Crippen molar-refractivity contribution < 1.29 is 9.90 Å². The molecule has 0 aliphatic heterocycles. The molecule has 1 aliphatic carbocycles. The molecule has 116 valence electrons. The van der Waals surface area contributed by atoms with Gasteiger partial charge in [0.2, 0.25) is 0 Å². The zero-order chi connectivity index (χ0) is 15.8. The van der Waals surface area contributed by atoms with Crippen molar-refractivity contribution in [1.29, 1.82) is 0 Å². The summed E-state index contributed by atoms with van der Waals surface area (Å²) >= 11 is 6.15. The molecule has 2 rings (SSSR count). The summed E-state index contributed by atoms with van der Waals surface area (Å²) in [5.41, 5.74) is 0.648. The van der Waals surface area contributed by atoms with Crippen molar-refractivity contribution in [2.24, 2.45) is 10.8 Å². The fourth-order valence-corrected chi connectivity index (χ4v) is 4.02. The fourth-order valence-electron chi connectivity index (χ4n) is 3.80. The molecule has 0 spiro atoms. The zero-order valence-corrected chi connectivity index (χ0v) is 13.8. The van der Waals surface area contributed by atoms with E-state index in [1.807, 2.05) is 0 Å². The molecule has 0 amide bonds. The lowest BCUT2D eigenvalue weighted by Crippen LogP contribution is -2.40. The maximum Gasteiger partial charge on any atom is 0.337 e. The quantitative estimate of drug-likeness (QED) is 0.865. The van der Waals surface area contributed by atoms with Gasteiger partial charge >= 0.3 is 5.97 Å². The van der Waals surface area contributed by atoms with Gasteiger partial charge in [0.1, 0.15) is 5.82 Å². The Morgan fingerprint density at radius 3 is 2.38 bits per heavy atom. The van der Waals surface area contributed by atoms with Gasteiger partial charge in [0.25, 0.3) is 0 Å². The van der Waals surface area contributed by atoms with Crippen LogP contribution in [0.1, 0.15) is 57.3 Å². The van der Waals surface area contributed by atoms with Gasteiger partial charge < -0.3 is 10.4 Å². The summed E-state index contributed by atoms with van der Waals surface area (Å²) in [6.45, 7) is 9.13. The molecule has 0 bridgehead atoms. The lowest BCUT2D eigenvalue weighted by molar-refractivity contribution is 0.0696. The van der Waals surface area contributed by atoms with Crippen LogP contribution in [-0.4, -0.2) is 22.1 Å². The normalized spacial score (nSPS) is 21.0. The molecule has 0 aromatic carbocycles. The first-order chi connectivity index (χ1) is 9.58. The van der Waals surface area contributed by atoms with Gasteiger partial charge in [-0.15, -0.1) is 0 Å². The van der Waals surface area contributed by atoms with Crippen LogP contribution >= 0.6 is 11.6 Å². The van der Waals surface area contributed by atoms with Gasteiger partial charge in [-0.1, -0.05) is 39.3 Å². The van der Waals surface area contributed by atoms with E-state index >= 15 is 0 Å². The van der Waals surface area contributed by atoms with Crippen molar-refractivity contribution in [3.8, 4) is 0 Å². The third-order valence-corrected chi connectivity index (χ3v) is 4.27. The highest BCUT2D eigenvalue weighted by Crippen LogP contribution is 2.46. The summed E-state index contributed by atoms with van der Waals surface area (Å²) in [7, 11) is 0. The van der Waals surface area contributed by atoms with Crippen LogP contribution in [0.3, 0.4) is 0 Å². The lowest BCUT2D eigenvalue weighted by atomic mass is 9.63. The highest BCUT2D eigenvalue weighted by atomic mass is 35.5. The minimum atomic E-state index is -1.02. The number of hydrogen-bond acceptors (Lipinski definition) is 3. The maximum atomic E-state index is 10.9. The smallest absolute Gasteiger partial charge is 0.337 e. The summed E-state index contributed by atoms with van der Waals surface area (Å²) in [6.07, 6.45) is 4.64. The van der Waals surface area contributed by atoms with E-state index in [2.05, 4.69) is 38.0 Å². The first kappa shape index (κ1) is 16.1. The van der Waals surface area contributed by atoms with E-state index in [-0.39, 0.29) is 16.4 Å². The maximum absolute atomic E-state index is 10.9. The van der Waals surface area contributed by atoms with Gasteiger partial charge in [0, 0.05) is 12.2 Å². The van der Waals surface area contributed by atoms with Crippen LogP contribution in [0, 0.1) is 10.8 Å². The Morgan fingerprint density at radius 1 is 1.33 bits per heavy atom. The Bertz CT molecular complexity index is 539. The average molecular weight is 311 g/mol. The van der Waals surface area contributed by atoms with Gasteiger partial charge in [-0.25, -0.2) is 9.78 Å². The highest BCUT2D eigenvalue weighted by molar-refractivity contribution is 6.33. The second-order valence-electron chi connectivity index (χ2n) is 7.61. The van der Waals surface area contributed by atoms with Gasteiger partial charge in [0.05, 0.1) is 10.6 Å². The van der Waals surface area contributed by atoms with E-state index in [1.54, 1.807) is 0 Å². The van der Waals surface area contributed by atoms with E-state index in [4.69, 9.17) is 16.7 Å². The molecule has 21 heavy (non-hydrogen) atoms. The molecule has 0 atom stereocenters. The number of carbonyl (C=O) groups is 1. The number of nitrogens with one attached hydrogen (secondary N) is 1. The number of aromatic nitrogens is 1. The molecule has 1 heterocycles. The van der Waals surface area contributed by atoms with Crippen LogP contribution in [0.25, 0.3) is 0 Å². The van der Waals surface area contributed by atoms with E-state index in [9.17, 15) is 4.79 Å². The average Bonchev–Trinajstić information content (AvgIpc) is 2.27. The molecular weight excluding hydrogens is 288 g/mol. The Kier molecular flexibility index (Phi) is 4.20.